The molecule has 4 nitrogen and oxygen atoms in total. The summed E-state index contributed by atoms with van der Waals surface area (Å²) in [5, 5.41) is 12.5. The standard InChI is InChI=1S/C11H14Cl2N2O2/c1-2-9(11(16)17)15-5-6-8(14)4-3-7(12)10(6)13/h3-4,9,15H,2,5,14H2,1H3,(H,16,17). The van der Waals surface area contributed by atoms with Crippen molar-refractivity contribution in [1.82, 2.24) is 5.32 Å². The minimum absolute atomic E-state index is 0.274. The molecule has 0 aromatic heterocycles. The average Bonchev–Trinajstić information content (AvgIpc) is 2.28. The number of benzene rings is 1. The van der Waals surface area contributed by atoms with E-state index in [9.17, 15) is 4.79 Å². The number of aliphatic carboxylic acids is 1. The van der Waals surface area contributed by atoms with E-state index in [-0.39, 0.29) is 6.54 Å². The maximum Gasteiger partial charge on any atom is 0.320 e. The molecule has 6 heteroatoms. The molecule has 0 bridgehead atoms. The Morgan fingerprint density at radius 3 is 2.71 bits per heavy atom. The van der Waals surface area contributed by atoms with Crippen LogP contribution in [0.1, 0.15) is 18.9 Å². The van der Waals surface area contributed by atoms with E-state index in [4.69, 9.17) is 34.0 Å². The molecule has 0 amide bonds. The molecule has 0 aliphatic rings. The smallest absolute Gasteiger partial charge is 0.320 e. The predicted molar refractivity (Wildman–Crippen MR) is 69.4 cm³/mol. The molecule has 0 saturated carbocycles. The van der Waals surface area contributed by atoms with Crippen molar-refractivity contribution in [3.8, 4) is 0 Å². The van der Waals surface area contributed by atoms with Gasteiger partial charge in [-0.05, 0) is 18.6 Å². The average molecular weight is 277 g/mol. The lowest BCUT2D eigenvalue weighted by Crippen LogP contribution is -2.35. The van der Waals surface area contributed by atoms with Crippen molar-refractivity contribution in [2.45, 2.75) is 25.9 Å². The Hall–Kier alpha value is -0.970. The zero-order valence-electron chi connectivity index (χ0n) is 9.34. The molecule has 4 N–H and O–H groups in total. The minimum Gasteiger partial charge on any atom is -0.480 e. The summed E-state index contributed by atoms with van der Waals surface area (Å²) < 4.78 is 0. The van der Waals surface area contributed by atoms with E-state index >= 15 is 0 Å². The van der Waals surface area contributed by atoms with E-state index < -0.39 is 12.0 Å². The molecular weight excluding hydrogens is 263 g/mol. The van der Waals surface area contributed by atoms with Crippen molar-refractivity contribution in [2.75, 3.05) is 5.73 Å². The Kier molecular flexibility index (Phi) is 5.05. The normalized spacial score (nSPS) is 12.4. The largest absolute Gasteiger partial charge is 0.480 e. The van der Waals surface area contributed by atoms with Crippen molar-refractivity contribution < 1.29 is 9.90 Å². The highest BCUT2D eigenvalue weighted by atomic mass is 35.5. The summed E-state index contributed by atoms with van der Waals surface area (Å²) in [5.74, 6) is -0.899. The molecule has 0 fully saturated rings. The zero-order valence-corrected chi connectivity index (χ0v) is 10.8. The van der Waals surface area contributed by atoms with E-state index in [1.165, 1.54) is 0 Å². The Bertz CT molecular complexity index is 424. The number of nitrogens with two attached hydrogens (primary N) is 1. The molecule has 0 spiro atoms. The molecule has 1 unspecified atom stereocenters. The molecule has 1 atom stereocenters. The van der Waals surface area contributed by atoms with Crippen LogP contribution in [0.15, 0.2) is 12.1 Å². The third-order valence-electron chi connectivity index (χ3n) is 2.46. The van der Waals surface area contributed by atoms with Crippen LogP contribution in [-0.2, 0) is 11.3 Å². The monoisotopic (exact) mass is 276 g/mol. The number of nitrogen functional groups attached to an aromatic ring is 1. The van der Waals surface area contributed by atoms with Gasteiger partial charge in [0.1, 0.15) is 6.04 Å². The number of halogens is 2. The SMILES string of the molecule is CCC(NCc1c(N)ccc(Cl)c1Cl)C(=O)O. The fraction of sp³-hybridized carbons (Fsp3) is 0.364. The maximum atomic E-state index is 10.8. The number of rotatable bonds is 5. The highest BCUT2D eigenvalue weighted by molar-refractivity contribution is 6.42. The van der Waals surface area contributed by atoms with Gasteiger partial charge in [-0.2, -0.15) is 0 Å². The molecule has 1 aromatic carbocycles. The first-order valence-corrected chi connectivity index (χ1v) is 5.91. The number of hydrogen-bond donors (Lipinski definition) is 3. The van der Waals surface area contributed by atoms with Crippen molar-refractivity contribution in [1.29, 1.82) is 0 Å². The van der Waals surface area contributed by atoms with Crippen LogP contribution in [0.4, 0.5) is 5.69 Å². The summed E-state index contributed by atoms with van der Waals surface area (Å²) >= 11 is 11.9. The second-order valence-corrected chi connectivity index (χ2v) is 4.39. The fourth-order valence-corrected chi connectivity index (χ4v) is 1.83. The van der Waals surface area contributed by atoms with E-state index in [0.717, 1.165) is 0 Å². The molecule has 1 rings (SSSR count). The second-order valence-electron chi connectivity index (χ2n) is 3.61. The Morgan fingerprint density at radius 1 is 1.53 bits per heavy atom. The lowest BCUT2D eigenvalue weighted by Gasteiger charge is -2.15. The van der Waals surface area contributed by atoms with Gasteiger partial charge in [0.15, 0.2) is 0 Å². The Balaban J connectivity index is 2.82. The summed E-state index contributed by atoms with van der Waals surface area (Å²) in [5.41, 5.74) is 6.88. The first-order chi connectivity index (χ1) is 7.97. The number of carbonyl (C=O) groups is 1. The second kappa shape index (κ2) is 6.10. The highest BCUT2D eigenvalue weighted by Crippen LogP contribution is 2.29. The molecule has 0 heterocycles. The lowest BCUT2D eigenvalue weighted by atomic mass is 10.1. The van der Waals surface area contributed by atoms with Crippen molar-refractivity contribution >= 4 is 34.9 Å². The van der Waals surface area contributed by atoms with Crippen LogP contribution in [0.25, 0.3) is 0 Å². The maximum absolute atomic E-state index is 10.8. The van der Waals surface area contributed by atoms with Gasteiger partial charge in [0.2, 0.25) is 0 Å². The van der Waals surface area contributed by atoms with Crippen LogP contribution in [0.3, 0.4) is 0 Å². The van der Waals surface area contributed by atoms with Gasteiger partial charge in [-0.25, -0.2) is 0 Å². The lowest BCUT2D eigenvalue weighted by molar-refractivity contribution is -0.139. The summed E-state index contributed by atoms with van der Waals surface area (Å²) in [6.45, 7) is 2.06. The van der Waals surface area contributed by atoms with E-state index in [1.807, 2.05) is 0 Å². The highest BCUT2D eigenvalue weighted by Gasteiger charge is 2.16. The van der Waals surface area contributed by atoms with Gasteiger partial charge >= 0.3 is 5.97 Å². The first kappa shape index (κ1) is 14.1. The molecule has 0 aliphatic carbocycles. The van der Waals surface area contributed by atoms with Gasteiger partial charge in [0.25, 0.3) is 0 Å². The van der Waals surface area contributed by atoms with Crippen molar-refractivity contribution in [3.05, 3.63) is 27.7 Å². The zero-order chi connectivity index (χ0) is 13.0. The quantitative estimate of drug-likeness (QED) is 0.723. The van der Waals surface area contributed by atoms with Crippen molar-refractivity contribution in [2.24, 2.45) is 0 Å². The van der Waals surface area contributed by atoms with E-state index in [0.29, 0.717) is 27.7 Å². The van der Waals surface area contributed by atoms with Gasteiger partial charge < -0.3 is 16.2 Å². The topological polar surface area (TPSA) is 75.3 Å². The summed E-state index contributed by atoms with van der Waals surface area (Å²) in [6.07, 6.45) is 0.480. The Labute approximate surface area is 110 Å². The van der Waals surface area contributed by atoms with Crippen LogP contribution in [-0.4, -0.2) is 17.1 Å². The van der Waals surface area contributed by atoms with Gasteiger partial charge in [0, 0.05) is 17.8 Å². The molecule has 0 saturated heterocycles. The van der Waals surface area contributed by atoms with Crippen LogP contribution in [0.2, 0.25) is 10.0 Å². The number of hydrogen-bond acceptors (Lipinski definition) is 3. The third-order valence-corrected chi connectivity index (χ3v) is 3.31. The number of nitrogens with one attached hydrogen (secondary N) is 1. The number of carboxylic acid groups (broad SMARTS) is 1. The van der Waals surface area contributed by atoms with Gasteiger partial charge in [-0.1, -0.05) is 30.1 Å². The summed E-state index contributed by atoms with van der Waals surface area (Å²) in [7, 11) is 0. The molecule has 0 radical (unpaired) electrons. The minimum atomic E-state index is -0.899. The van der Waals surface area contributed by atoms with Gasteiger partial charge in [-0.15, -0.1) is 0 Å². The van der Waals surface area contributed by atoms with E-state index in [2.05, 4.69) is 5.32 Å². The van der Waals surface area contributed by atoms with Gasteiger partial charge in [-0.3, -0.25) is 4.79 Å². The predicted octanol–water partition coefficient (Wildman–Crippen LogP) is 2.53. The van der Waals surface area contributed by atoms with Crippen LogP contribution in [0.5, 0.6) is 0 Å². The fourth-order valence-electron chi connectivity index (χ4n) is 1.42. The number of anilines is 1. The van der Waals surface area contributed by atoms with Crippen molar-refractivity contribution in [3.63, 3.8) is 0 Å². The van der Waals surface area contributed by atoms with Crippen LogP contribution < -0.4 is 11.1 Å². The first-order valence-electron chi connectivity index (χ1n) is 5.15. The van der Waals surface area contributed by atoms with Gasteiger partial charge in [0.05, 0.1) is 10.0 Å². The Morgan fingerprint density at radius 2 is 2.18 bits per heavy atom. The van der Waals surface area contributed by atoms with E-state index in [1.54, 1.807) is 19.1 Å². The van der Waals surface area contributed by atoms with Crippen LogP contribution in [0, 0.1) is 0 Å². The van der Waals surface area contributed by atoms with Crippen LogP contribution >= 0.6 is 23.2 Å². The number of carboxylic acids is 1. The third kappa shape index (κ3) is 3.49. The molecule has 17 heavy (non-hydrogen) atoms. The summed E-state index contributed by atoms with van der Waals surface area (Å²) in [4.78, 5) is 10.8. The molecule has 1 aromatic rings. The molecule has 0 aliphatic heterocycles. The molecular formula is C11H14Cl2N2O2. The molecule has 94 valence electrons. The summed E-state index contributed by atoms with van der Waals surface area (Å²) in [6, 6.07) is 2.63.